The van der Waals surface area contributed by atoms with E-state index in [-0.39, 0.29) is 11.8 Å². The van der Waals surface area contributed by atoms with E-state index in [2.05, 4.69) is 12.2 Å². The first-order chi connectivity index (χ1) is 8.15. The van der Waals surface area contributed by atoms with Gasteiger partial charge in [0.2, 0.25) is 5.91 Å². The average molecular weight is 255 g/mol. The van der Waals surface area contributed by atoms with E-state index < -0.39 is 0 Å². The highest BCUT2D eigenvalue weighted by atomic mass is 35.5. The Morgan fingerprint density at radius 1 is 1.41 bits per heavy atom. The SMILES string of the molecule is CCCC(CN)CC(=O)Nc1ccc(Cl)cc1. The van der Waals surface area contributed by atoms with Crippen molar-refractivity contribution in [3.05, 3.63) is 29.3 Å². The molecule has 3 nitrogen and oxygen atoms in total. The van der Waals surface area contributed by atoms with E-state index in [1.807, 2.05) is 0 Å². The average Bonchev–Trinajstić information content (AvgIpc) is 2.31. The Balaban J connectivity index is 2.46. The summed E-state index contributed by atoms with van der Waals surface area (Å²) < 4.78 is 0. The van der Waals surface area contributed by atoms with Crippen molar-refractivity contribution in [2.75, 3.05) is 11.9 Å². The van der Waals surface area contributed by atoms with Gasteiger partial charge in [-0.15, -0.1) is 0 Å². The summed E-state index contributed by atoms with van der Waals surface area (Å²) in [6.07, 6.45) is 2.52. The van der Waals surface area contributed by atoms with Crippen molar-refractivity contribution in [2.45, 2.75) is 26.2 Å². The molecule has 17 heavy (non-hydrogen) atoms. The minimum absolute atomic E-state index is 0.0104. The standard InChI is InChI=1S/C13H19ClN2O/c1-2-3-10(9-15)8-13(17)16-12-6-4-11(14)5-7-12/h4-7,10H,2-3,8-9,15H2,1H3,(H,16,17). The van der Waals surface area contributed by atoms with E-state index in [0.717, 1.165) is 18.5 Å². The number of hydrogen-bond acceptors (Lipinski definition) is 2. The molecule has 1 amide bonds. The van der Waals surface area contributed by atoms with Crippen LogP contribution < -0.4 is 11.1 Å². The van der Waals surface area contributed by atoms with Gasteiger partial charge in [0, 0.05) is 17.1 Å². The monoisotopic (exact) mass is 254 g/mol. The van der Waals surface area contributed by atoms with Gasteiger partial charge in [0.15, 0.2) is 0 Å². The number of carbonyl (C=O) groups is 1. The summed E-state index contributed by atoms with van der Waals surface area (Å²) in [6.45, 7) is 2.65. The molecule has 1 unspecified atom stereocenters. The van der Waals surface area contributed by atoms with E-state index in [0.29, 0.717) is 18.0 Å². The lowest BCUT2D eigenvalue weighted by atomic mass is 10.00. The number of hydrogen-bond donors (Lipinski definition) is 2. The van der Waals surface area contributed by atoms with Crippen LogP contribution in [0, 0.1) is 5.92 Å². The summed E-state index contributed by atoms with van der Waals surface area (Å²) in [5.41, 5.74) is 6.39. The lowest BCUT2D eigenvalue weighted by Gasteiger charge is -2.13. The summed E-state index contributed by atoms with van der Waals surface area (Å²) in [6, 6.07) is 7.09. The van der Waals surface area contributed by atoms with Gasteiger partial charge in [0.25, 0.3) is 0 Å². The van der Waals surface area contributed by atoms with Gasteiger partial charge in [-0.2, -0.15) is 0 Å². The molecule has 1 aromatic carbocycles. The number of carbonyl (C=O) groups excluding carboxylic acids is 1. The topological polar surface area (TPSA) is 55.1 Å². The minimum Gasteiger partial charge on any atom is -0.330 e. The van der Waals surface area contributed by atoms with Crippen molar-refractivity contribution in [1.82, 2.24) is 0 Å². The van der Waals surface area contributed by atoms with E-state index in [4.69, 9.17) is 17.3 Å². The van der Waals surface area contributed by atoms with Crippen LogP contribution in [-0.4, -0.2) is 12.5 Å². The summed E-state index contributed by atoms with van der Waals surface area (Å²) >= 11 is 5.77. The lowest BCUT2D eigenvalue weighted by Crippen LogP contribution is -2.22. The molecule has 0 fully saturated rings. The van der Waals surface area contributed by atoms with Gasteiger partial charge in [-0.1, -0.05) is 24.9 Å². The molecule has 94 valence electrons. The van der Waals surface area contributed by atoms with Gasteiger partial charge in [0.05, 0.1) is 0 Å². The highest BCUT2D eigenvalue weighted by molar-refractivity contribution is 6.30. The van der Waals surface area contributed by atoms with Gasteiger partial charge < -0.3 is 11.1 Å². The van der Waals surface area contributed by atoms with Crippen molar-refractivity contribution in [3.8, 4) is 0 Å². The zero-order chi connectivity index (χ0) is 12.7. The predicted octanol–water partition coefficient (Wildman–Crippen LogP) is 3.04. The molecule has 0 aliphatic rings. The smallest absolute Gasteiger partial charge is 0.224 e. The van der Waals surface area contributed by atoms with Gasteiger partial charge in [-0.3, -0.25) is 4.79 Å². The first kappa shape index (κ1) is 14.0. The van der Waals surface area contributed by atoms with Crippen LogP contribution in [-0.2, 0) is 4.79 Å². The molecule has 0 saturated carbocycles. The Hall–Kier alpha value is -1.06. The lowest BCUT2D eigenvalue weighted by molar-refractivity contribution is -0.117. The van der Waals surface area contributed by atoms with E-state index in [9.17, 15) is 4.79 Å². The van der Waals surface area contributed by atoms with Crippen LogP contribution in [0.15, 0.2) is 24.3 Å². The highest BCUT2D eigenvalue weighted by Gasteiger charge is 2.11. The summed E-state index contributed by atoms with van der Waals surface area (Å²) in [5, 5.41) is 3.50. The molecule has 0 radical (unpaired) electrons. The van der Waals surface area contributed by atoms with Crippen LogP contribution in [0.1, 0.15) is 26.2 Å². The number of amides is 1. The molecule has 3 N–H and O–H groups in total. The zero-order valence-corrected chi connectivity index (χ0v) is 10.8. The van der Waals surface area contributed by atoms with Crippen LogP contribution in [0.3, 0.4) is 0 Å². The molecular weight excluding hydrogens is 236 g/mol. The molecule has 4 heteroatoms. The van der Waals surface area contributed by atoms with E-state index in [1.165, 1.54) is 0 Å². The second kappa shape index (κ2) is 7.30. The number of anilines is 1. The number of nitrogens with one attached hydrogen (secondary N) is 1. The van der Waals surface area contributed by atoms with Crippen LogP contribution in [0.4, 0.5) is 5.69 Å². The summed E-state index contributed by atoms with van der Waals surface area (Å²) in [4.78, 5) is 11.7. The number of halogens is 1. The summed E-state index contributed by atoms with van der Waals surface area (Å²) in [5.74, 6) is 0.281. The zero-order valence-electron chi connectivity index (χ0n) is 10.1. The second-order valence-corrected chi connectivity index (χ2v) is 4.59. The first-order valence-electron chi connectivity index (χ1n) is 5.91. The molecule has 0 saturated heterocycles. The van der Waals surface area contributed by atoms with E-state index in [1.54, 1.807) is 24.3 Å². The van der Waals surface area contributed by atoms with Crippen molar-refractivity contribution in [1.29, 1.82) is 0 Å². The molecule has 0 aliphatic carbocycles. The fraction of sp³-hybridized carbons (Fsp3) is 0.462. The third kappa shape index (κ3) is 5.20. The maximum atomic E-state index is 11.7. The predicted molar refractivity (Wildman–Crippen MR) is 72.2 cm³/mol. The molecule has 0 aliphatic heterocycles. The summed E-state index contributed by atoms with van der Waals surface area (Å²) in [7, 11) is 0. The Labute approximate surface area is 107 Å². The van der Waals surface area contributed by atoms with Crippen molar-refractivity contribution in [2.24, 2.45) is 11.7 Å². The van der Waals surface area contributed by atoms with Gasteiger partial charge in [0.1, 0.15) is 0 Å². The third-order valence-electron chi connectivity index (χ3n) is 2.63. The maximum Gasteiger partial charge on any atom is 0.224 e. The molecule has 0 heterocycles. The van der Waals surface area contributed by atoms with Crippen molar-refractivity contribution < 1.29 is 4.79 Å². The third-order valence-corrected chi connectivity index (χ3v) is 2.88. The first-order valence-corrected chi connectivity index (χ1v) is 6.29. The molecule has 0 bridgehead atoms. The van der Waals surface area contributed by atoms with Gasteiger partial charge in [-0.25, -0.2) is 0 Å². The molecule has 1 atom stereocenters. The Kier molecular flexibility index (Phi) is 6.01. The minimum atomic E-state index is 0.0104. The quantitative estimate of drug-likeness (QED) is 0.820. The van der Waals surface area contributed by atoms with Crippen molar-refractivity contribution in [3.63, 3.8) is 0 Å². The van der Waals surface area contributed by atoms with Crippen LogP contribution in [0.25, 0.3) is 0 Å². The number of benzene rings is 1. The van der Waals surface area contributed by atoms with Crippen LogP contribution in [0.2, 0.25) is 5.02 Å². The Morgan fingerprint density at radius 2 is 2.06 bits per heavy atom. The second-order valence-electron chi connectivity index (χ2n) is 4.15. The normalized spacial score (nSPS) is 12.2. The van der Waals surface area contributed by atoms with Gasteiger partial charge >= 0.3 is 0 Å². The van der Waals surface area contributed by atoms with E-state index >= 15 is 0 Å². The molecule has 0 spiro atoms. The fourth-order valence-electron chi connectivity index (χ4n) is 1.72. The largest absolute Gasteiger partial charge is 0.330 e. The molecule has 0 aromatic heterocycles. The Morgan fingerprint density at radius 3 is 2.59 bits per heavy atom. The highest BCUT2D eigenvalue weighted by Crippen LogP contribution is 2.15. The molecular formula is C13H19ClN2O. The van der Waals surface area contributed by atoms with Crippen molar-refractivity contribution >= 4 is 23.2 Å². The fourth-order valence-corrected chi connectivity index (χ4v) is 1.84. The van der Waals surface area contributed by atoms with Gasteiger partial charge in [-0.05, 0) is 43.1 Å². The molecule has 1 aromatic rings. The Bertz CT molecular complexity index is 351. The molecule has 1 rings (SSSR count). The number of rotatable bonds is 6. The maximum absolute atomic E-state index is 11.7. The number of nitrogens with two attached hydrogens (primary N) is 1. The van der Waals surface area contributed by atoms with Crippen LogP contribution >= 0.6 is 11.6 Å². The van der Waals surface area contributed by atoms with Crippen LogP contribution in [0.5, 0.6) is 0 Å².